The lowest BCUT2D eigenvalue weighted by Crippen LogP contribution is -2.32. The molecule has 0 aromatic carbocycles. The maximum absolute atomic E-state index is 11.3. The Bertz CT molecular complexity index is 225. The standard InChI is InChI=1S/C10H20N2O3/c1-10(2,3)14-5-4-12-7-8(6-11)15-9(12)13/h8H,4-7,11H2,1-3H3. The van der Waals surface area contributed by atoms with Crippen LogP contribution in [0.2, 0.25) is 0 Å². The summed E-state index contributed by atoms with van der Waals surface area (Å²) in [4.78, 5) is 12.9. The number of ether oxygens (including phenoxy) is 2. The van der Waals surface area contributed by atoms with Crippen molar-refractivity contribution in [1.29, 1.82) is 0 Å². The van der Waals surface area contributed by atoms with Crippen molar-refractivity contribution in [1.82, 2.24) is 4.90 Å². The Morgan fingerprint density at radius 2 is 2.27 bits per heavy atom. The molecule has 1 fully saturated rings. The van der Waals surface area contributed by atoms with Crippen LogP contribution in [0.4, 0.5) is 4.79 Å². The van der Waals surface area contributed by atoms with Crippen LogP contribution < -0.4 is 5.73 Å². The Labute approximate surface area is 90.5 Å². The van der Waals surface area contributed by atoms with Crippen molar-refractivity contribution in [2.24, 2.45) is 5.73 Å². The molecule has 0 aliphatic carbocycles. The molecule has 1 amide bonds. The van der Waals surface area contributed by atoms with E-state index >= 15 is 0 Å². The zero-order valence-corrected chi connectivity index (χ0v) is 9.66. The monoisotopic (exact) mass is 216 g/mol. The van der Waals surface area contributed by atoms with Gasteiger partial charge in [0, 0.05) is 13.1 Å². The molecule has 15 heavy (non-hydrogen) atoms. The van der Waals surface area contributed by atoms with Gasteiger partial charge in [0.25, 0.3) is 0 Å². The van der Waals surface area contributed by atoms with Crippen molar-refractivity contribution in [2.75, 3.05) is 26.2 Å². The Hall–Kier alpha value is -0.810. The summed E-state index contributed by atoms with van der Waals surface area (Å²) in [5, 5.41) is 0. The van der Waals surface area contributed by atoms with Crippen molar-refractivity contribution in [3.8, 4) is 0 Å². The molecule has 88 valence electrons. The molecule has 1 unspecified atom stereocenters. The third-order valence-corrected chi connectivity index (χ3v) is 2.11. The molecule has 1 rings (SSSR count). The van der Waals surface area contributed by atoms with E-state index in [1.54, 1.807) is 4.90 Å². The van der Waals surface area contributed by atoms with Crippen LogP contribution in [-0.4, -0.2) is 48.9 Å². The number of nitrogens with zero attached hydrogens (tertiary/aromatic N) is 1. The Balaban J connectivity index is 2.25. The van der Waals surface area contributed by atoms with Crippen LogP contribution in [0.15, 0.2) is 0 Å². The van der Waals surface area contributed by atoms with E-state index in [1.165, 1.54) is 0 Å². The van der Waals surface area contributed by atoms with E-state index in [2.05, 4.69) is 0 Å². The highest BCUT2D eigenvalue weighted by Gasteiger charge is 2.29. The van der Waals surface area contributed by atoms with Gasteiger partial charge in [0.2, 0.25) is 0 Å². The minimum absolute atomic E-state index is 0.160. The highest BCUT2D eigenvalue weighted by molar-refractivity contribution is 5.69. The Morgan fingerprint density at radius 3 is 2.73 bits per heavy atom. The van der Waals surface area contributed by atoms with Gasteiger partial charge in [-0.2, -0.15) is 0 Å². The molecule has 0 bridgehead atoms. The number of hydrogen-bond donors (Lipinski definition) is 1. The SMILES string of the molecule is CC(C)(C)OCCN1CC(CN)OC1=O. The van der Waals surface area contributed by atoms with E-state index in [1.807, 2.05) is 20.8 Å². The van der Waals surface area contributed by atoms with E-state index < -0.39 is 0 Å². The van der Waals surface area contributed by atoms with E-state index in [4.69, 9.17) is 15.2 Å². The predicted molar refractivity (Wildman–Crippen MR) is 56.6 cm³/mol. The van der Waals surface area contributed by atoms with Gasteiger partial charge in [0.05, 0.1) is 18.8 Å². The molecule has 0 aromatic rings. The van der Waals surface area contributed by atoms with Gasteiger partial charge in [0.1, 0.15) is 6.10 Å². The molecular weight excluding hydrogens is 196 g/mol. The predicted octanol–water partition coefficient (Wildman–Crippen LogP) is 0.581. The summed E-state index contributed by atoms with van der Waals surface area (Å²) in [6.07, 6.45) is -0.449. The fraction of sp³-hybridized carbons (Fsp3) is 0.900. The van der Waals surface area contributed by atoms with Crippen molar-refractivity contribution in [3.63, 3.8) is 0 Å². The molecule has 2 N–H and O–H groups in total. The highest BCUT2D eigenvalue weighted by Crippen LogP contribution is 2.11. The van der Waals surface area contributed by atoms with Crippen LogP contribution in [0, 0.1) is 0 Å². The van der Waals surface area contributed by atoms with Gasteiger partial charge < -0.3 is 20.1 Å². The maximum Gasteiger partial charge on any atom is 0.410 e. The Morgan fingerprint density at radius 1 is 1.60 bits per heavy atom. The lowest BCUT2D eigenvalue weighted by Gasteiger charge is -2.21. The maximum atomic E-state index is 11.3. The number of rotatable bonds is 4. The second kappa shape index (κ2) is 4.81. The van der Waals surface area contributed by atoms with Crippen LogP contribution >= 0.6 is 0 Å². The number of cyclic esters (lactones) is 1. The van der Waals surface area contributed by atoms with Gasteiger partial charge in [-0.05, 0) is 20.8 Å². The fourth-order valence-corrected chi connectivity index (χ4v) is 1.34. The Kier molecular flexibility index (Phi) is 3.93. The van der Waals surface area contributed by atoms with Crippen LogP contribution in [-0.2, 0) is 9.47 Å². The molecule has 1 saturated heterocycles. The molecule has 0 radical (unpaired) electrons. The first-order valence-electron chi connectivity index (χ1n) is 5.22. The molecule has 5 heteroatoms. The minimum Gasteiger partial charge on any atom is -0.443 e. The largest absolute Gasteiger partial charge is 0.443 e. The lowest BCUT2D eigenvalue weighted by atomic mass is 10.2. The number of hydrogen-bond acceptors (Lipinski definition) is 4. The van der Waals surface area contributed by atoms with Gasteiger partial charge in [-0.3, -0.25) is 0 Å². The second-order valence-electron chi connectivity index (χ2n) is 4.65. The van der Waals surface area contributed by atoms with E-state index in [-0.39, 0.29) is 17.8 Å². The quantitative estimate of drug-likeness (QED) is 0.746. The summed E-state index contributed by atoms with van der Waals surface area (Å²) >= 11 is 0. The van der Waals surface area contributed by atoms with Gasteiger partial charge in [-0.15, -0.1) is 0 Å². The molecule has 0 spiro atoms. The third-order valence-electron chi connectivity index (χ3n) is 2.11. The van der Waals surface area contributed by atoms with Gasteiger partial charge in [0.15, 0.2) is 0 Å². The van der Waals surface area contributed by atoms with E-state index in [0.29, 0.717) is 26.2 Å². The van der Waals surface area contributed by atoms with Crippen LogP contribution in [0.5, 0.6) is 0 Å². The molecular formula is C10H20N2O3. The van der Waals surface area contributed by atoms with Crippen LogP contribution in [0.3, 0.4) is 0 Å². The summed E-state index contributed by atoms with van der Waals surface area (Å²) in [7, 11) is 0. The van der Waals surface area contributed by atoms with E-state index in [0.717, 1.165) is 0 Å². The van der Waals surface area contributed by atoms with Crippen molar-refractivity contribution < 1.29 is 14.3 Å². The number of nitrogens with two attached hydrogens (primary N) is 1. The van der Waals surface area contributed by atoms with Crippen molar-refractivity contribution >= 4 is 6.09 Å². The molecule has 1 aliphatic rings. The van der Waals surface area contributed by atoms with Gasteiger partial charge in [-0.1, -0.05) is 0 Å². The van der Waals surface area contributed by atoms with Gasteiger partial charge >= 0.3 is 6.09 Å². The van der Waals surface area contributed by atoms with Crippen LogP contribution in [0.1, 0.15) is 20.8 Å². The normalized spacial score (nSPS) is 22.0. The van der Waals surface area contributed by atoms with Crippen LogP contribution in [0.25, 0.3) is 0 Å². The topological polar surface area (TPSA) is 64.8 Å². The lowest BCUT2D eigenvalue weighted by molar-refractivity contribution is -0.00866. The first kappa shape index (κ1) is 12.3. The first-order chi connectivity index (χ1) is 6.92. The van der Waals surface area contributed by atoms with E-state index in [9.17, 15) is 4.79 Å². The zero-order valence-electron chi connectivity index (χ0n) is 9.66. The molecule has 1 atom stereocenters. The highest BCUT2D eigenvalue weighted by atomic mass is 16.6. The summed E-state index contributed by atoms with van der Waals surface area (Å²) in [5.74, 6) is 0. The minimum atomic E-state index is -0.289. The molecule has 0 saturated carbocycles. The third kappa shape index (κ3) is 4.05. The summed E-state index contributed by atoms with van der Waals surface area (Å²) in [6, 6.07) is 0. The summed E-state index contributed by atoms with van der Waals surface area (Å²) in [6.45, 7) is 7.99. The number of carbonyl (C=O) groups excluding carboxylic acids is 1. The second-order valence-corrected chi connectivity index (χ2v) is 4.65. The molecule has 1 heterocycles. The molecule has 5 nitrogen and oxygen atoms in total. The first-order valence-corrected chi connectivity index (χ1v) is 5.22. The van der Waals surface area contributed by atoms with Gasteiger partial charge in [-0.25, -0.2) is 4.79 Å². The smallest absolute Gasteiger partial charge is 0.410 e. The summed E-state index contributed by atoms with van der Waals surface area (Å²) in [5.41, 5.74) is 5.25. The average Bonchev–Trinajstić information content (AvgIpc) is 2.45. The molecule has 0 aromatic heterocycles. The fourth-order valence-electron chi connectivity index (χ4n) is 1.34. The average molecular weight is 216 g/mol. The zero-order chi connectivity index (χ0) is 11.5. The number of amides is 1. The van der Waals surface area contributed by atoms with Crippen molar-refractivity contribution in [2.45, 2.75) is 32.5 Å². The molecule has 1 aliphatic heterocycles. The van der Waals surface area contributed by atoms with Crippen molar-refractivity contribution in [3.05, 3.63) is 0 Å². The summed E-state index contributed by atoms with van der Waals surface area (Å²) < 4.78 is 10.5. The number of carbonyl (C=O) groups is 1.